The number of benzene rings is 1. The minimum absolute atomic E-state index is 0.0484. The number of anilines is 1. The van der Waals surface area contributed by atoms with Crippen LogP contribution < -0.4 is 5.32 Å². The number of hydrogen-bond acceptors (Lipinski definition) is 5. The van der Waals surface area contributed by atoms with Crippen molar-refractivity contribution < 1.29 is 18.7 Å². The van der Waals surface area contributed by atoms with Crippen LogP contribution in [0.3, 0.4) is 0 Å². The van der Waals surface area contributed by atoms with Crippen LogP contribution in [0.15, 0.2) is 29.6 Å². The molecule has 1 aliphatic carbocycles. The summed E-state index contributed by atoms with van der Waals surface area (Å²) in [5, 5.41) is 4.77. The van der Waals surface area contributed by atoms with Gasteiger partial charge >= 0.3 is 5.97 Å². The lowest BCUT2D eigenvalue weighted by molar-refractivity contribution is -0.154. The molecule has 0 saturated heterocycles. The SMILES string of the molecule is O=C(COC(=O)C1CCC1)Nc1nc(-c2ccc(F)cc2)cs1. The molecule has 1 aromatic carbocycles. The first-order valence-corrected chi connectivity index (χ1v) is 8.18. The fraction of sp³-hybridized carbons (Fsp3) is 0.312. The number of ether oxygens (including phenoxy) is 1. The molecule has 1 aliphatic rings. The molecule has 120 valence electrons. The van der Waals surface area contributed by atoms with E-state index in [0.717, 1.165) is 24.8 Å². The molecule has 0 radical (unpaired) electrons. The molecule has 23 heavy (non-hydrogen) atoms. The summed E-state index contributed by atoms with van der Waals surface area (Å²) in [6.07, 6.45) is 2.72. The van der Waals surface area contributed by atoms with Gasteiger partial charge < -0.3 is 4.74 Å². The molecule has 3 rings (SSSR count). The number of nitrogens with one attached hydrogen (secondary N) is 1. The van der Waals surface area contributed by atoms with E-state index in [9.17, 15) is 14.0 Å². The minimum atomic E-state index is -0.419. The van der Waals surface area contributed by atoms with Crippen LogP contribution in [0.5, 0.6) is 0 Å². The van der Waals surface area contributed by atoms with Crippen molar-refractivity contribution in [2.75, 3.05) is 11.9 Å². The van der Waals surface area contributed by atoms with Gasteiger partial charge in [-0.2, -0.15) is 0 Å². The van der Waals surface area contributed by atoms with Crippen LogP contribution in [0, 0.1) is 11.7 Å². The summed E-state index contributed by atoms with van der Waals surface area (Å²) in [6.45, 7) is -0.305. The van der Waals surface area contributed by atoms with Gasteiger partial charge in [0.25, 0.3) is 5.91 Å². The Kier molecular flexibility index (Phi) is 4.66. The summed E-state index contributed by atoms with van der Waals surface area (Å²) in [5.41, 5.74) is 1.41. The number of nitrogens with zero attached hydrogens (tertiary/aromatic N) is 1. The van der Waals surface area contributed by atoms with Crippen molar-refractivity contribution in [1.29, 1.82) is 0 Å². The molecular formula is C16H15FN2O3S. The zero-order valence-electron chi connectivity index (χ0n) is 12.3. The second-order valence-electron chi connectivity index (χ2n) is 5.33. The lowest BCUT2D eigenvalue weighted by Gasteiger charge is -2.22. The third-order valence-corrected chi connectivity index (χ3v) is 4.43. The maximum Gasteiger partial charge on any atom is 0.309 e. The van der Waals surface area contributed by atoms with E-state index in [1.54, 1.807) is 17.5 Å². The van der Waals surface area contributed by atoms with Crippen molar-refractivity contribution in [2.45, 2.75) is 19.3 Å². The van der Waals surface area contributed by atoms with Crippen LogP contribution in [0.4, 0.5) is 9.52 Å². The molecule has 1 heterocycles. The van der Waals surface area contributed by atoms with Crippen molar-refractivity contribution in [2.24, 2.45) is 5.92 Å². The van der Waals surface area contributed by atoms with Crippen LogP contribution in [0.25, 0.3) is 11.3 Å². The maximum absolute atomic E-state index is 12.9. The van der Waals surface area contributed by atoms with Gasteiger partial charge in [0.1, 0.15) is 5.82 Å². The summed E-state index contributed by atoms with van der Waals surface area (Å²) in [4.78, 5) is 27.6. The van der Waals surface area contributed by atoms with Gasteiger partial charge in [-0.25, -0.2) is 9.37 Å². The number of esters is 1. The highest BCUT2D eigenvalue weighted by atomic mass is 32.1. The quantitative estimate of drug-likeness (QED) is 0.853. The number of amides is 1. The predicted molar refractivity (Wildman–Crippen MR) is 84.4 cm³/mol. The molecule has 2 aromatic rings. The smallest absolute Gasteiger partial charge is 0.309 e. The maximum atomic E-state index is 12.9. The first-order valence-electron chi connectivity index (χ1n) is 7.30. The third-order valence-electron chi connectivity index (χ3n) is 3.67. The van der Waals surface area contributed by atoms with Gasteiger partial charge in [0.15, 0.2) is 11.7 Å². The highest BCUT2D eigenvalue weighted by Gasteiger charge is 2.27. The largest absolute Gasteiger partial charge is 0.455 e. The highest BCUT2D eigenvalue weighted by molar-refractivity contribution is 7.14. The van der Waals surface area contributed by atoms with Crippen LogP contribution >= 0.6 is 11.3 Å². The Bertz CT molecular complexity index is 710. The van der Waals surface area contributed by atoms with Gasteiger partial charge in [-0.05, 0) is 37.1 Å². The van der Waals surface area contributed by atoms with Crippen molar-refractivity contribution in [1.82, 2.24) is 4.98 Å². The van der Waals surface area contributed by atoms with E-state index in [1.165, 1.54) is 23.5 Å². The number of hydrogen-bond donors (Lipinski definition) is 1. The van der Waals surface area contributed by atoms with Crippen molar-refractivity contribution >= 4 is 28.3 Å². The van der Waals surface area contributed by atoms with E-state index in [1.807, 2.05) is 0 Å². The Hall–Kier alpha value is -2.28. The number of halogens is 1. The number of thiazole rings is 1. The molecule has 7 heteroatoms. The van der Waals surface area contributed by atoms with E-state index in [2.05, 4.69) is 10.3 Å². The second-order valence-corrected chi connectivity index (χ2v) is 6.19. The summed E-state index contributed by atoms with van der Waals surface area (Å²) in [7, 11) is 0. The summed E-state index contributed by atoms with van der Waals surface area (Å²) in [6, 6.07) is 5.95. The molecule has 1 aromatic heterocycles. The van der Waals surface area contributed by atoms with Gasteiger partial charge in [0.05, 0.1) is 11.6 Å². The molecule has 1 amide bonds. The Morgan fingerprint density at radius 2 is 2.04 bits per heavy atom. The third kappa shape index (κ3) is 3.92. The molecule has 1 saturated carbocycles. The molecule has 0 atom stereocenters. The van der Waals surface area contributed by atoms with Crippen LogP contribution in [-0.2, 0) is 14.3 Å². The van der Waals surface area contributed by atoms with E-state index < -0.39 is 5.91 Å². The Labute approximate surface area is 136 Å². The zero-order valence-corrected chi connectivity index (χ0v) is 13.1. The number of carbonyl (C=O) groups excluding carboxylic acids is 2. The monoisotopic (exact) mass is 334 g/mol. The van der Waals surface area contributed by atoms with Crippen molar-refractivity contribution in [3.63, 3.8) is 0 Å². The fourth-order valence-corrected chi connectivity index (χ4v) is 2.87. The normalized spacial score (nSPS) is 14.1. The van der Waals surface area contributed by atoms with Crippen molar-refractivity contribution in [3.05, 3.63) is 35.5 Å². The van der Waals surface area contributed by atoms with Gasteiger partial charge in [0, 0.05) is 10.9 Å². The second kappa shape index (κ2) is 6.87. The van der Waals surface area contributed by atoms with E-state index in [-0.39, 0.29) is 24.3 Å². The lowest BCUT2D eigenvalue weighted by Crippen LogP contribution is -2.28. The molecule has 0 aliphatic heterocycles. The molecular weight excluding hydrogens is 319 g/mol. The topological polar surface area (TPSA) is 68.3 Å². The van der Waals surface area contributed by atoms with Crippen LogP contribution in [0.1, 0.15) is 19.3 Å². The molecule has 1 N–H and O–H groups in total. The number of rotatable bonds is 5. The zero-order chi connectivity index (χ0) is 16.2. The standard InChI is InChI=1S/C16H15FN2O3S/c17-12-6-4-10(5-7-12)13-9-23-16(18-13)19-14(20)8-22-15(21)11-2-1-3-11/h4-7,9,11H,1-3,8H2,(H,18,19,20). The predicted octanol–water partition coefficient (Wildman–Crippen LogP) is 3.23. The van der Waals surface area contributed by atoms with E-state index in [4.69, 9.17) is 4.74 Å². The molecule has 0 unspecified atom stereocenters. The average molecular weight is 334 g/mol. The lowest BCUT2D eigenvalue weighted by atomic mass is 9.86. The van der Waals surface area contributed by atoms with Gasteiger partial charge in [-0.15, -0.1) is 11.3 Å². The van der Waals surface area contributed by atoms with E-state index >= 15 is 0 Å². The molecule has 0 bridgehead atoms. The molecule has 0 spiro atoms. The van der Waals surface area contributed by atoms with Gasteiger partial charge in [0.2, 0.25) is 0 Å². The Morgan fingerprint density at radius 1 is 1.30 bits per heavy atom. The number of carbonyl (C=O) groups is 2. The highest BCUT2D eigenvalue weighted by Crippen LogP contribution is 2.27. The number of aromatic nitrogens is 1. The fourth-order valence-electron chi connectivity index (χ4n) is 2.14. The summed E-state index contributed by atoms with van der Waals surface area (Å²) < 4.78 is 17.9. The van der Waals surface area contributed by atoms with Gasteiger partial charge in [-0.3, -0.25) is 14.9 Å². The average Bonchev–Trinajstić information content (AvgIpc) is 2.92. The van der Waals surface area contributed by atoms with E-state index in [0.29, 0.717) is 10.8 Å². The van der Waals surface area contributed by atoms with Crippen LogP contribution in [-0.4, -0.2) is 23.5 Å². The first kappa shape index (κ1) is 15.6. The molecule has 5 nitrogen and oxygen atoms in total. The van der Waals surface area contributed by atoms with Crippen molar-refractivity contribution in [3.8, 4) is 11.3 Å². The minimum Gasteiger partial charge on any atom is -0.455 e. The molecule has 1 fully saturated rings. The van der Waals surface area contributed by atoms with Gasteiger partial charge in [-0.1, -0.05) is 6.42 Å². The Morgan fingerprint density at radius 3 is 2.70 bits per heavy atom. The Balaban J connectivity index is 1.52. The summed E-state index contributed by atoms with van der Waals surface area (Å²) in [5.74, 6) is -1.09. The summed E-state index contributed by atoms with van der Waals surface area (Å²) >= 11 is 1.26. The first-order chi connectivity index (χ1) is 11.1. The van der Waals surface area contributed by atoms with Crippen LogP contribution in [0.2, 0.25) is 0 Å².